The Kier molecular flexibility index (Phi) is 2.74. The predicted octanol–water partition coefficient (Wildman–Crippen LogP) is 3.59. The second-order valence-corrected chi connectivity index (χ2v) is 4.31. The quantitative estimate of drug-likeness (QED) is 0.686. The molecular weight excluding hydrogens is 176 g/mol. The highest BCUT2D eigenvalue weighted by Crippen LogP contribution is 2.29. The number of aryl methyl sites for hydroxylation is 1. The summed E-state index contributed by atoms with van der Waals surface area (Å²) >= 11 is 1.91. The van der Waals surface area contributed by atoms with Crippen molar-refractivity contribution in [1.29, 1.82) is 0 Å². The van der Waals surface area contributed by atoms with Gasteiger partial charge < -0.3 is 0 Å². The molecular formula is C12H14S. The van der Waals surface area contributed by atoms with Crippen LogP contribution < -0.4 is 0 Å². The maximum absolute atomic E-state index is 2.33. The molecule has 0 fully saturated rings. The predicted molar refractivity (Wildman–Crippen MR) is 60.2 cm³/mol. The molecule has 1 atom stereocenters. The lowest BCUT2D eigenvalue weighted by Gasteiger charge is -2.08. The van der Waals surface area contributed by atoms with Gasteiger partial charge in [0.05, 0.1) is 0 Å². The van der Waals surface area contributed by atoms with Gasteiger partial charge in [0.1, 0.15) is 0 Å². The first kappa shape index (κ1) is 8.89. The normalized spacial score (nSPS) is 20.8. The first-order valence-corrected chi connectivity index (χ1v) is 5.82. The van der Waals surface area contributed by atoms with Crippen molar-refractivity contribution < 1.29 is 0 Å². The van der Waals surface area contributed by atoms with Crippen LogP contribution in [0, 0.1) is 0 Å². The summed E-state index contributed by atoms with van der Waals surface area (Å²) < 4.78 is 0. The molecule has 0 saturated heterocycles. The third kappa shape index (κ3) is 1.97. The molecule has 0 spiro atoms. The second-order valence-electron chi connectivity index (χ2n) is 3.37. The van der Waals surface area contributed by atoms with Crippen LogP contribution in [0.5, 0.6) is 0 Å². The van der Waals surface area contributed by atoms with Gasteiger partial charge in [-0.1, -0.05) is 37.3 Å². The first-order valence-electron chi connectivity index (χ1n) is 4.77. The van der Waals surface area contributed by atoms with Crippen LogP contribution >= 0.6 is 11.8 Å². The summed E-state index contributed by atoms with van der Waals surface area (Å²) in [5, 5.41) is 2.21. The van der Waals surface area contributed by atoms with Crippen LogP contribution in [0.1, 0.15) is 24.0 Å². The molecule has 1 heterocycles. The zero-order chi connectivity index (χ0) is 9.10. The minimum absolute atomic E-state index is 0.650. The fourth-order valence-corrected chi connectivity index (χ4v) is 2.54. The Balaban J connectivity index is 2.24. The molecule has 0 amide bonds. The number of hydrogen-bond donors (Lipinski definition) is 0. The van der Waals surface area contributed by atoms with Gasteiger partial charge in [0.2, 0.25) is 0 Å². The molecule has 0 radical (unpaired) electrons. The molecule has 1 aliphatic rings. The van der Waals surface area contributed by atoms with Crippen molar-refractivity contribution in [3.63, 3.8) is 0 Å². The summed E-state index contributed by atoms with van der Waals surface area (Å²) in [6, 6.07) is 8.95. The van der Waals surface area contributed by atoms with Crippen molar-refractivity contribution in [1.82, 2.24) is 0 Å². The van der Waals surface area contributed by atoms with Crippen LogP contribution in [0.15, 0.2) is 35.7 Å². The van der Waals surface area contributed by atoms with E-state index in [1.165, 1.54) is 16.9 Å². The number of hydrogen-bond acceptors (Lipinski definition) is 1. The van der Waals surface area contributed by atoms with Crippen LogP contribution in [0.4, 0.5) is 0 Å². The summed E-state index contributed by atoms with van der Waals surface area (Å²) in [6.45, 7) is 2.21. The van der Waals surface area contributed by atoms with Crippen LogP contribution in [0.2, 0.25) is 0 Å². The van der Waals surface area contributed by atoms with Crippen LogP contribution in [0.25, 0.3) is 0 Å². The monoisotopic (exact) mass is 190 g/mol. The Bertz CT molecular complexity index is 315. The summed E-state index contributed by atoms with van der Waals surface area (Å²) in [4.78, 5) is 0. The van der Waals surface area contributed by atoms with Gasteiger partial charge >= 0.3 is 0 Å². The Morgan fingerprint density at radius 1 is 1.46 bits per heavy atom. The van der Waals surface area contributed by atoms with E-state index in [2.05, 4.69) is 42.7 Å². The molecule has 1 aromatic rings. The molecule has 0 nitrogen and oxygen atoms in total. The smallest absolute Gasteiger partial charge is 0.0120 e. The number of rotatable bonds is 2. The third-order valence-corrected chi connectivity index (χ3v) is 3.37. The van der Waals surface area contributed by atoms with Crippen LogP contribution in [0.3, 0.4) is 0 Å². The Morgan fingerprint density at radius 3 is 3.08 bits per heavy atom. The standard InChI is InChI=1S/C12H14S/c1-2-10-4-3-5-11(8-10)12-6-7-13-9-12/h3-8,12H,2,9H2,1H3. The molecule has 0 aliphatic carbocycles. The Hall–Kier alpha value is -0.690. The minimum Gasteiger partial charge on any atom is -0.133 e. The Labute approximate surface area is 84.0 Å². The summed E-state index contributed by atoms with van der Waals surface area (Å²) in [5.74, 6) is 1.86. The van der Waals surface area contributed by atoms with Gasteiger partial charge in [-0.2, -0.15) is 0 Å². The van der Waals surface area contributed by atoms with Gasteiger partial charge in [-0.3, -0.25) is 0 Å². The lowest BCUT2D eigenvalue weighted by molar-refractivity contribution is 0.987. The zero-order valence-electron chi connectivity index (χ0n) is 7.86. The van der Waals surface area contributed by atoms with E-state index in [9.17, 15) is 0 Å². The summed E-state index contributed by atoms with van der Waals surface area (Å²) in [5.41, 5.74) is 2.92. The maximum Gasteiger partial charge on any atom is 0.0120 e. The molecule has 1 aromatic carbocycles. The van der Waals surface area contributed by atoms with Gasteiger partial charge in [-0.25, -0.2) is 0 Å². The molecule has 0 saturated carbocycles. The van der Waals surface area contributed by atoms with Gasteiger partial charge in [0.25, 0.3) is 0 Å². The summed E-state index contributed by atoms with van der Waals surface area (Å²) in [6.07, 6.45) is 3.44. The topological polar surface area (TPSA) is 0 Å². The lowest BCUT2D eigenvalue weighted by Crippen LogP contribution is -1.95. The largest absolute Gasteiger partial charge is 0.133 e. The van der Waals surface area contributed by atoms with Crippen molar-refractivity contribution in [3.05, 3.63) is 46.9 Å². The molecule has 1 heteroatoms. The molecule has 68 valence electrons. The average Bonchev–Trinajstić information content (AvgIpc) is 2.71. The minimum atomic E-state index is 0.650. The van der Waals surface area contributed by atoms with Crippen molar-refractivity contribution in [2.75, 3.05) is 5.75 Å². The molecule has 0 bridgehead atoms. The first-order chi connectivity index (χ1) is 6.40. The Morgan fingerprint density at radius 2 is 2.38 bits per heavy atom. The van der Waals surface area contributed by atoms with Gasteiger partial charge in [-0.05, 0) is 23.0 Å². The van der Waals surface area contributed by atoms with Crippen LogP contribution in [-0.2, 0) is 6.42 Å². The van der Waals surface area contributed by atoms with Gasteiger partial charge in [0, 0.05) is 11.7 Å². The van der Waals surface area contributed by atoms with E-state index in [0.717, 1.165) is 6.42 Å². The fraction of sp³-hybridized carbons (Fsp3) is 0.333. The van der Waals surface area contributed by atoms with E-state index in [1.54, 1.807) is 0 Å². The van der Waals surface area contributed by atoms with E-state index in [0.29, 0.717) is 5.92 Å². The van der Waals surface area contributed by atoms with E-state index in [4.69, 9.17) is 0 Å². The van der Waals surface area contributed by atoms with E-state index >= 15 is 0 Å². The van der Waals surface area contributed by atoms with E-state index < -0.39 is 0 Å². The molecule has 1 aliphatic heterocycles. The van der Waals surface area contributed by atoms with Gasteiger partial charge in [-0.15, -0.1) is 11.8 Å². The summed E-state index contributed by atoms with van der Waals surface area (Å²) in [7, 11) is 0. The van der Waals surface area contributed by atoms with E-state index in [1.807, 2.05) is 11.8 Å². The van der Waals surface area contributed by atoms with Crippen molar-refractivity contribution in [2.24, 2.45) is 0 Å². The molecule has 2 rings (SSSR count). The molecule has 1 unspecified atom stereocenters. The number of allylic oxidation sites excluding steroid dienone is 1. The third-order valence-electron chi connectivity index (χ3n) is 2.47. The molecule has 13 heavy (non-hydrogen) atoms. The molecule has 0 aromatic heterocycles. The highest BCUT2D eigenvalue weighted by molar-refractivity contribution is 8.02. The van der Waals surface area contributed by atoms with Crippen molar-refractivity contribution in [2.45, 2.75) is 19.3 Å². The zero-order valence-corrected chi connectivity index (χ0v) is 8.68. The average molecular weight is 190 g/mol. The lowest BCUT2D eigenvalue weighted by atomic mass is 9.98. The van der Waals surface area contributed by atoms with Crippen molar-refractivity contribution >= 4 is 11.8 Å². The number of benzene rings is 1. The van der Waals surface area contributed by atoms with Gasteiger partial charge in [0.15, 0.2) is 0 Å². The maximum atomic E-state index is 2.33. The fourth-order valence-electron chi connectivity index (χ4n) is 1.62. The second kappa shape index (κ2) is 4.01. The molecule has 0 N–H and O–H groups in total. The highest BCUT2D eigenvalue weighted by Gasteiger charge is 2.11. The van der Waals surface area contributed by atoms with Crippen molar-refractivity contribution in [3.8, 4) is 0 Å². The van der Waals surface area contributed by atoms with Crippen LogP contribution in [-0.4, -0.2) is 5.75 Å². The SMILES string of the molecule is CCc1cccc(C2C=CSC2)c1. The highest BCUT2D eigenvalue weighted by atomic mass is 32.2. The number of thioether (sulfide) groups is 1. The van der Waals surface area contributed by atoms with E-state index in [-0.39, 0.29) is 0 Å².